The van der Waals surface area contributed by atoms with E-state index in [0.717, 1.165) is 31.6 Å². The Hall–Kier alpha value is -1.17. The molecule has 2 unspecified atom stereocenters. The topological polar surface area (TPSA) is 60.3 Å². The van der Waals surface area contributed by atoms with Gasteiger partial charge >= 0.3 is 0 Å². The maximum Gasteiger partial charge on any atom is 0.157 e. The van der Waals surface area contributed by atoms with Crippen LogP contribution in [0.2, 0.25) is 0 Å². The summed E-state index contributed by atoms with van der Waals surface area (Å²) in [5, 5.41) is 14.4. The quantitative estimate of drug-likeness (QED) is 0.342. The van der Waals surface area contributed by atoms with Crippen LogP contribution in [0, 0.1) is 28.6 Å². The number of hydrogen-bond donors (Lipinski definition) is 1. The van der Waals surface area contributed by atoms with Gasteiger partial charge in [0.25, 0.3) is 0 Å². The van der Waals surface area contributed by atoms with Gasteiger partial charge in [0, 0.05) is 12.5 Å². The van der Waals surface area contributed by atoms with E-state index in [0.29, 0.717) is 23.9 Å². The van der Waals surface area contributed by atoms with E-state index in [-0.39, 0.29) is 23.7 Å². The van der Waals surface area contributed by atoms with Crippen LogP contribution in [-0.2, 0) is 14.3 Å². The number of nitrogens with zero attached hydrogens (tertiary/aromatic N) is 1. The lowest BCUT2D eigenvalue weighted by Crippen LogP contribution is -2.47. The van der Waals surface area contributed by atoms with Gasteiger partial charge in [-0.15, -0.1) is 0 Å². The highest BCUT2D eigenvalue weighted by Gasteiger charge is 2.57. The van der Waals surface area contributed by atoms with E-state index in [4.69, 9.17) is 14.3 Å². The number of fused-ring (bicyclic) bond motifs is 5. The SMILES string of the molecule is CC(=NOCC(C)(C)O)[C@H]1CC[C@H]2C3=CC=C4CC(OC5CCCCO5)CC[C@]4(C)[C@H]3CC[C@]12C. The Morgan fingerprint density at radius 2 is 1.91 bits per heavy atom. The summed E-state index contributed by atoms with van der Waals surface area (Å²) in [7, 11) is 0. The summed E-state index contributed by atoms with van der Waals surface area (Å²) in [4.78, 5) is 5.55. The molecule has 0 aromatic rings. The van der Waals surface area contributed by atoms with Crippen LogP contribution in [0.15, 0.2) is 28.5 Å². The zero-order valence-electron chi connectivity index (χ0n) is 22.6. The van der Waals surface area contributed by atoms with Gasteiger partial charge in [0.2, 0.25) is 0 Å². The lowest BCUT2D eigenvalue weighted by atomic mass is 9.50. The van der Waals surface area contributed by atoms with Crippen molar-refractivity contribution in [1.82, 2.24) is 0 Å². The Kier molecular flexibility index (Phi) is 7.00. The normalized spacial score (nSPS) is 41.9. The average molecular weight is 486 g/mol. The molecule has 0 spiro atoms. The molecule has 5 rings (SSSR count). The molecule has 196 valence electrons. The number of rotatable bonds is 6. The van der Waals surface area contributed by atoms with Crippen LogP contribution in [0.4, 0.5) is 0 Å². The number of oxime groups is 1. The third-order valence-corrected chi connectivity index (χ3v) is 10.1. The number of hydrogen-bond acceptors (Lipinski definition) is 5. The molecule has 1 heterocycles. The molecular weight excluding hydrogens is 438 g/mol. The van der Waals surface area contributed by atoms with E-state index in [1.54, 1.807) is 25.0 Å². The highest BCUT2D eigenvalue weighted by molar-refractivity contribution is 5.85. The summed E-state index contributed by atoms with van der Waals surface area (Å²) < 4.78 is 12.3. The second-order valence-corrected chi connectivity index (χ2v) is 13.2. The van der Waals surface area contributed by atoms with Gasteiger partial charge in [-0.05, 0) is 108 Å². The molecule has 5 nitrogen and oxygen atoms in total. The molecule has 0 aromatic carbocycles. The Balaban J connectivity index is 1.30. The molecule has 5 aliphatic rings. The Bertz CT molecular complexity index is 879. The summed E-state index contributed by atoms with van der Waals surface area (Å²) >= 11 is 0. The summed E-state index contributed by atoms with van der Waals surface area (Å²) in [6, 6.07) is 0. The zero-order valence-corrected chi connectivity index (χ0v) is 22.6. The average Bonchev–Trinajstić information content (AvgIpc) is 3.16. The Morgan fingerprint density at radius 3 is 2.66 bits per heavy atom. The van der Waals surface area contributed by atoms with Crippen LogP contribution in [0.1, 0.15) is 98.8 Å². The van der Waals surface area contributed by atoms with Crippen LogP contribution in [-0.4, -0.2) is 42.0 Å². The summed E-state index contributed by atoms with van der Waals surface area (Å²) in [6.45, 7) is 11.8. The molecule has 1 aliphatic heterocycles. The molecule has 0 aromatic heterocycles. The van der Waals surface area contributed by atoms with Crippen LogP contribution in [0.3, 0.4) is 0 Å². The van der Waals surface area contributed by atoms with Gasteiger partial charge < -0.3 is 19.4 Å². The third-order valence-electron chi connectivity index (χ3n) is 10.1. The summed E-state index contributed by atoms with van der Waals surface area (Å²) in [5.41, 5.74) is 4.06. The van der Waals surface area contributed by atoms with E-state index in [1.165, 1.54) is 44.9 Å². The molecule has 0 amide bonds. The minimum atomic E-state index is -0.857. The van der Waals surface area contributed by atoms with Gasteiger partial charge in [0.15, 0.2) is 6.29 Å². The molecule has 35 heavy (non-hydrogen) atoms. The van der Waals surface area contributed by atoms with Crippen LogP contribution in [0.5, 0.6) is 0 Å². The van der Waals surface area contributed by atoms with Crippen molar-refractivity contribution in [2.24, 2.45) is 33.7 Å². The zero-order chi connectivity index (χ0) is 24.8. The van der Waals surface area contributed by atoms with Crippen molar-refractivity contribution in [3.05, 3.63) is 23.3 Å². The molecule has 4 aliphatic carbocycles. The Labute approximate surface area is 212 Å². The van der Waals surface area contributed by atoms with E-state index in [2.05, 4.69) is 38.1 Å². The Morgan fingerprint density at radius 1 is 1.09 bits per heavy atom. The fraction of sp³-hybridized carbons (Fsp3) is 0.833. The van der Waals surface area contributed by atoms with Crippen molar-refractivity contribution >= 4 is 5.71 Å². The third kappa shape index (κ3) is 4.90. The number of ether oxygens (including phenoxy) is 2. The van der Waals surface area contributed by atoms with Crippen molar-refractivity contribution in [2.75, 3.05) is 13.2 Å². The van der Waals surface area contributed by atoms with Gasteiger partial charge in [0.1, 0.15) is 6.61 Å². The van der Waals surface area contributed by atoms with Crippen molar-refractivity contribution in [2.45, 2.75) is 117 Å². The molecular formula is C30H47NO4. The number of allylic oxidation sites excluding steroid dienone is 3. The van der Waals surface area contributed by atoms with E-state index in [1.807, 2.05) is 0 Å². The minimum absolute atomic E-state index is 0.0107. The molecule has 1 saturated heterocycles. The second kappa shape index (κ2) is 9.61. The van der Waals surface area contributed by atoms with Crippen molar-refractivity contribution in [3.8, 4) is 0 Å². The van der Waals surface area contributed by atoms with E-state index in [9.17, 15) is 5.11 Å². The van der Waals surface area contributed by atoms with Gasteiger partial charge in [-0.1, -0.05) is 42.3 Å². The highest BCUT2D eigenvalue weighted by atomic mass is 16.7. The second-order valence-electron chi connectivity index (χ2n) is 13.2. The largest absolute Gasteiger partial charge is 0.393 e. The minimum Gasteiger partial charge on any atom is -0.393 e. The predicted octanol–water partition coefficient (Wildman–Crippen LogP) is 6.56. The first-order valence-corrected chi connectivity index (χ1v) is 14.2. The maximum atomic E-state index is 9.96. The van der Waals surface area contributed by atoms with Gasteiger partial charge in [0.05, 0.1) is 17.4 Å². The number of aliphatic hydroxyl groups is 1. The van der Waals surface area contributed by atoms with Gasteiger partial charge in [-0.25, -0.2) is 0 Å². The smallest absolute Gasteiger partial charge is 0.157 e. The first kappa shape index (κ1) is 25.5. The predicted molar refractivity (Wildman–Crippen MR) is 139 cm³/mol. The highest BCUT2D eigenvalue weighted by Crippen LogP contribution is 2.65. The molecule has 1 N–H and O–H groups in total. The summed E-state index contributed by atoms with van der Waals surface area (Å²) in [5.74, 6) is 1.74. The van der Waals surface area contributed by atoms with E-state index >= 15 is 0 Å². The lowest BCUT2D eigenvalue weighted by Gasteiger charge is -2.55. The van der Waals surface area contributed by atoms with Crippen LogP contribution < -0.4 is 0 Å². The fourth-order valence-corrected chi connectivity index (χ4v) is 8.16. The van der Waals surface area contributed by atoms with Crippen molar-refractivity contribution in [3.63, 3.8) is 0 Å². The van der Waals surface area contributed by atoms with Crippen molar-refractivity contribution < 1.29 is 19.4 Å². The molecule has 7 atom stereocenters. The van der Waals surface area contributed by atoms with E-state index < -0.39 is 5.60 Å². The van der Waals surface area contributed by atoms with Crippen molar-refractivity contribution in [1.29, 1.82) is 0 Å². The molecule has 5 heteroatoms. The van der Waals surface area contributed by atoms with Crippen LogP contribution >= 0.6 is 0 Å². The standard InChI is InChI=1S/C30H47NO4/c1-20(31-34-19-28(2,3)32)24-11-12-25-23-10-9-21-18-22(35-27-8-6-7-17-33-27)13-15-29(21,4)26(23)14-16-30(24,25)5/h9-10,22,24-27,32H,6-8,11-19H2,1-5H3/t22?,24-,25+,26+,27?,29+,30-/m1/s1. The first-order valence-electron chi connectivity index (χ1n) is 14.2. The maximum absolute atomic E-state index is 9.96. The molecule has 4 fully saturated rings. The van der Waals surface area contributed by atoms with Crippen LogP contribution in [0.25, 0.3) is 0 Å². The summed E-state index contributed by atoms with van der Waals surface area (Å²) in [6.07, 6.45) is 17.1. The van der Waals surface area contributed by atoms with Gasteiger partial charge in [-0.2, -0.15) is 0 Å². The monoisotopic (exact) mass is 485 g/mol. The molecule has 0 radical (unpaired) electrons. The fourth-order valence-electron chi connectivity index (χ4n) is 8.16. The molecule has 3 saturated carbocycles. The van der Waals surface area contributed by atoms with Gasteiger partial charge in [-0.3, -0.25) is 0 Å². The lowest BCUT2D eigenvalue weighted by molar-refractivity contribution is -0.193. The first-order chi connectivity index (χ1) is 16.6. The molecule has 0 bridgehead atoms.